The van der Waals surface area contributed by atoms with Gasteiger partial charge in [-0.2, -0.15) is 0 Å². The minimum absolute atomic E-state index is 0.184. The Morgan fingerprint density at radius 3 is 2.47 bits per heavy atom. The number of carbonyl (C=O) groups is 2. The Morgan fingerprint density at radius 2 is 1.93 bits per heavy atom. The van der Waals surface area contributed by atoms with Gasteiger partial charge in [0.25, 0.3) is 0 Å². The fourth-order valence-corrected chi connectivity index (χ4v) is 1.30. The van der Waals surface area contributed by atoms with Crippen molar-refractivity contribution < 1.29 is 14.7 Å². The van der Waals surface area contributed by atoms with Crippen LogP contribution in [0.3, 0.4) is 0 Å². The SMILES string of the molecule is CC(Cc1ccccc1)NC(=O)C(=O)O. The molecule has 0 heterocycles. The topological polar surface area (TPSA) is 66.4 Å². The van der Waals surface area contributed by atoms with Crippen LogP contribution in [0, 0.1) is 0 Å². The van der Waals surface area contributed by atoms with E-state index >= 15 is 0 Å². The molecular weight excluding hydrogens is 194 g/mol. The Labute approximate surface area is 87.9 Å². The number of carboxylic acid groups (broad SMARTS) is 1. The average molecular weight is 207 g/mol. The molecule has 1 aromatic rings. The third-order valence-electron chi connectivity index (χ3n) is 1.96. The molecule has 0 radical (unpaired) electrons. The summed E-state index contributed by atoms with van der Waals surface area (Å²) in [6.07, 6.45) is 0.625. The molecule has 1 rings (SSSR count). The van der Waals surface area contributed by atoms with Gasteiger partial charge >= 0.3 is 11.9 Å². The molecule has 2 N–H and O–H groups in total. The minimum Gasteiger partial charge on any atom is -0.474 e. The standard InChI is InChI=1S/C11H13NO3/c1-8(12-10(13)11(14)15)7-9-5-3-2-4-6-9/h2-6,8H,7H2,1H3,(H,12,13)(H,14,15). The molecule has 0 saturated carbocycles. The van der Waals surface area contributed by atoms with Crippen LogP contribution >= 0.6 is 0 Å². The minimum atomic E-state index is -1.45. The van der Waals surface area contributed by atoms with Crippen molar-refractivity contribution in [3.63, 3.8) is 0 Å². The van der Waals surface area contributed by atoms with Gasteiger partial charge in [-0.3, -0.25) is 4.79 Å². The van der Waals surface area contributed by atoms with Gasteiger partial charge < -0.3 is 10.4 Å². The third kappa shape index (κ3) is 3.81. The number of hydrogen-bond donors (Lipinski definition) is 2. The van der Waals surface area contributed by atoms with Gasteiger partial charge in [0.2, 0.25) is 0 Å². The molecule has 1 aromatic carbocycles. The lowest BCUT2D eigenvalue weighted by Crippen LogP contribution is -2.38. The summed E-state index contributed by atoms with van der Waals surface area (Å²) in [6.45, 7) is 1.77. The Bertz CT molecular complexity index is 348. The summed E-state index contributed by atoms with van der Waals surface area (Å²) in [5, 5.41) is 10.8. The fraction of sp³-hybridized carbons (Fsp3) is 0.273. The van der Waals surface area contributed by atoms with E-state index in [-0.39, 0.29) is 6.04 Å². The molecule has 0 spiro atoms. The van der Waals surface area contributed by atoms with Crippen molar-refractivity contribution in [1.82, 2.24) is 5.32 Å². The lowest BCUT2D eigenvalue weighted by Gasteiger charge is -2.11. The van der Waals surface area contributed by atoms with Gasteiger partial charge in [0, 0.05) is 6.04 Å². The van der Waals surface area contributed by atoms with E-state index in [1.165, 1.54) is 0 Å². The van der Waals surface area contributed by atoms with Crippen LogP contribution in [-0.2, 0) is 16.0 Å². The summed E-state index contributed by atoms with van der Waals surface area (Å²) in [4.78, 5) is 21.1. The second kappa shape index (κ2) is 5.14. The highest BCUT2D eigenvalue weighted by molar-refractivity contribution is 6.31. The van der Waals surface area contributed by atoms with Crippen LogP contribution in [0.5, 0.6) is 0 Å². The van der Waals surface area contributed by atoms with E-state index < -0.39 is 11.9 Å². The van der Waals surface area contributed by atoms with Crippen molar-refractivity contribution in [3.05, 3.63) is 35.9 Å². The second-order valence-electron chi connectivity index (χ2n) is 3.37. The lowest BCUT2D eigenvalue weighted by molar-refractivity contribution is -0.150. The predicted octanol–water partition coefficient (Wildman–Crippen LogP) is 0.818. The first kappa shape index (κ1) is 11.2. The number of carboxylic acids is 1. The van der Waals surface area contributed by atoms with Gasteiger partial charge in [-0.25, -0.2) is 4.79 Å². The van der Waals surface area contributed by atoms with Gasteiger partial charge in [-0.05, 0) is 18.9 Å². The summed E-state index contributed by atoms with van der Waals surface area (Å²) in [5.74, 6) is -2.41. The van der Waals surface area contributed by atoms with Crippen LogP contribution in [0.4, 0.5) is 0 Å². The van der Waals surface area contributed by atoms with Gasteiger partial charge in [0.15, 0.2) is 0 Å². The molecule has 4 heteroatoms. The quantitative estimate of drug-likeness (QED) is 0.721. The van der Waals surface area contributed by atoms with E-state index in [9.17, 15) is 9.59 Å². The van der Waals surface area contributed by atoms with Gasteiger partial charge in [-0.1, -0.05) is 30.3 Å². The van der Waals surface area contributed by atoms with Crippen LogP contribution in [0.25, 0.3) is 0 Å². The van der Waals surface area contributed by atoms with Gasteiger partial charge in [0.1, 0.15) is 0 Å². The molecule has 0 aliphatic rings. The first-order valence-corrected chi connectivity index (χ1v) is 4.67. The van der Waals surface area contributed by atoms with E-state index in [2.05, 4.69) is 5.32 Å². The van der Waals surface area contributed by atoms with Gasteiger partial charge in [-0.15, -0.1) is 0 Å². The predicted molar refractivity (Wildman–Crippen MR) is 55.4 cm³/mol. The molecule has 80 valence electrons. The molecule has 0 aromatic heterocycles. The van der Waals surface area contributed by atoms with Crippen LogP contribution < -0.4 is 5.32 Å². The number of hydrogen-bond acceptors (Lipinski definition) is 2. The summed E-state index contributed by atoms with van der Waals surface area (Å²) in [5.41, 5.74) is 1.07. The first-order valence-electron chi connectivity index (χ1n) is 4.67. The number of aliphatic carboxylic acids is 1. The number of carbonyl (C=O) groups excluding carboxylic acids is 1. The highest BCUT2D eigenvalue weighted by Gasteiger charge is 2.13. The Balaban J connectivity index is 2.46. The maximum Gasteiger partial charge on any atom is 0.394 e. The van der Waals surface area contributed by atoms with Crippen LogP contribution in [-0.4, -0.2) is 23.0 Å². The summed E-state index contributed by atoms with van der Waals surface area (Å²) in [6, 6.07) is 9.40. The van der Waals surface area contributed by atoms with E-state index in [1.807, 2.05) is 30.3 Å². The lowest BCUT2D eigenvalue weighted by atomic mass is 10.1. The van der Waals surface area contributed by atoms with Crippen molar-refractivity contribution in [3.8, 4) is 0 Å². The summed E-state index contributed by atoms with van der Waals surface area (Å²) >= 11 is 0. The molecule has 0 saturated heterocycles. The largest absolute Gasteiger partial charge is 0.474 e. The number of benzene rings is 1. The third-order valence-corrected chi connectivity index (χ3v) is 1.96. The zero-order chi connectivity index (χ0) is 11.3. The zero-order valence-corrected chi connectivity index (χ0v) is 8.43. The van der Waals surface area contributed by atoms with Crippen LogP contribution in [0.15, 0.2) is 30.3 Å². The molecule has 1 unspecified atom stereocenters. The highest BCUT2D eigenvalue weighted by Crippen LogP contribution is 2.02. The van der Waals surface area contributed by atoms with E-state index in [1.54, 1.807) is 6.92 Å². The average Bonchev–Trinajstić information content (AvgIpc) is 2.18. The Hall–Kier alpha value is -1.84. The van der Waals surface area contributed by atoms with Crippen LogP contribution in [0.1, 0.15) is 12.5 Å². The number of rotatable bonds is 3. The maximum absolute atomic E-state index is 10.8. The molecule has 0 aliphatic carbocycles. The first-order chi connectivity index (χ1) is 7.09. The van der Waals surface area contributed by atoms with Gasteiger partial charge in [0.05, 0.1) is 0 Å². The molecule has 1 atom stereocenters. The Morgan fingerprint density at radius 1 is 1.33 bits per heavy atom. The molecular formula is C11H13NO3. The van der Waals surface area contributed by atoms with Crippen molar-refractivity contribution >= 4 is 11.9 Å². The highest BCUT2D eigenvalue weighted by atomic mass is 16.4. The summed E-state index contributed by atoms with van der Waals surface area (Å²) in [7, 11) is 0. The van der Waals surface area contributed by atoms with Crippen LogP contribution in [0.2, 0.25) is 0 Å². The number of nitrogens with one attached hydrogen (secondary N) is 1. The van der Waals surface area contributed by atoms with E-state index in [0.29, 0.717) is 6.42 Å². The smallest absolute Gasteiger partial charge is 0.394 e. The Kier molecular flexibility index (Phi) is 3.85. The maximum atomic E-state index is 10.8. The fourth-order valence-electron chi connectivity index (χ4n) is 1.30. The molecule has 0 bridgehead atoms. The summed E-state index contributed by atoms with van der Waals surface area (Å²) < 4.78 is 0. The zero-order valence-electron chi connectivity index (χ0n) is 8.43. The molecule has 15 heavy (non-hydrogen) atoms. The number of amides is 1. The normalized spacial score (nSPS) is 11.8. The molecule has 4 nitrogen and oxygen atoms in total. The molecule has 0 aliphatic heterocycles. The monoisotopic (exact) mass is 207 g/mol. The van der Waals surface area contributed by atoms with Crippen molar-refractivity contribution in [1.29, 1.82) is 0 Å². The van der Waals surface area contributed by atoms with E-state index in [0.717, 1.165) is 5.56 Å². The second-order valence-corrected chi connectivity index (χ2v) is 3.37. The molecule has 0 fully saturated rings. The molecule has 1 amide bonds. The van der Waals surface area contributed by atoms with Crippen molar-refractivity contribution in [2.45, 2.75) is 19.4 Å². The van der Waals surface area contributed by atoms with Crippen molar-refractivity contribution in [2.75, 3.05) is 0 Å². The van der Waals surface area contributed by atoms with E-state index in [4.69, 9.17) is 5.11 Å². The van der Waals surface area contributed by atoms with Crippen molar-refractivity contribution in [2.24, 2.45) is 0 Å².